The van der Waals surface area contributed by atoms with Crippen molar-refractivity contribution in [1.29, 1.82) is 0 Å². The molecule has 8 heteroatoms. The average Bonchev–Trinajstić information content (AvgIpc) is 2.58. The van der Waals surface area contributed by atoms with Crippen molar-refractivity contribution >= 4 is 35.1 Å². The van der Waals surface area contributed by atoms with Gasteiger partial charge in [0.15, 0.2) is 6.04 Å². The van der Waals surface area contributed by atoms with Crippen LogP contribution in [0.15, 0.2) is 18.2 Å². The molecule has 0 fully saturated rings. The number of methoxy groups -OCH3 is 1. The van der Waals surface area contributed by atoms with E-state index < -0.39 is 12.0 Å². The van der Waals surface area contributed by atoms with Gasteiger partial charge in [0.25, 0.3) is 0 Å². The van der Waals surface area contributed by atoms with Crippen molar-refractivity contribution in [3.63, 3.8) is 0 Å². The Morgan fingerprint density at radius 1 is 1.08 bits per heavy atom. The SMILES string of the molecule is CCOC(=O)[C@H](c1cc(Cl)cc(Cl)c1)N(CC)C(=O)CCOCCOC. The Labute approximate surface area is 164 Å². The molecule has 1 atom stereocenters. The average molecular weight is 406 g/mol. The summed E-state index contributed by atoms with van der Waals surface area (Å²) in [6.45, 7) is 5.13. The second kappa shape index (κ2) is 12.1. The number of carbonyl (C=O) groups excluding carboxylic acids is 2. The van der Waals surface area contributed by atoms with E-state index in [0.29, 0.717) is 35.4 Å². The Kier molecular flexibility index (Phi) is 10.6. The number of likely N-dealkylation sites (N-methyl/N-ethyl adjacent to an activating group) is 1. The van der Waals surface area contributed by atoms with E-state index in [1.54, 1.807) is 39.2 Å². The number of halogens is 2. The van der Waals surface area contributed by atoms with Crippen molar-refractivity contribution in [2.45, 2.75) is 26.3 Å². The maximum Gasteiger partial charge on any atom is 0.333 e. The highest BCUT2D eigenvalue weighted by Crippen LogP contribution is 2.29. The van der Waals surface area contributed by atoms with E-state index >= 15 is 0 Å². The van der Waals surface area contributed by atoms with Crippen molar-refractivity contribution < 1.29 is 23.8 Å². The molecule has 26 heavy (non-hydrogen) atoms. The van der Waals surface area contributed by atoms with Crippen molar-refractivity contribution in [3.05, 3.63) is 33.8 Å². The molecule has 0 aliphatic rings. The highest BCUT2D eigenvalue weighted by Gasteiger charge is 2.31. The van der Waals surface area contributed by atoms with Crippen LogP contribution in [0.1, 0.15) is 31.9 Å². The normalized spacial score (nSPS) is 11.9. The summed E-state index contributed by atoms with van der Waals surface area (Å²) in [5.41, 5.74) is 0.511. The largest absolute Gasteiger partial charge is 0.464 e. The number of benzene rings is 1. The van der Waals surface area contributed by atoms with Crippen molar-refractivity contribution in [2.24, 2.45) is 0 Å². The minimum absolute atomic E-state index is 0.141. The number of hydrogen-bond acceptors (Lipinski definition) is 5. The standard InChI is InChI=1S/C18H25Cl2NO5/c1-4-21(16(22)6-7-25-9-8-24-3)17(18(23)26-5-2)13-10-14(19)12-15(20)11-13/h10-12,17H,4-9H2,1-3H3/t17-/m0/s1. The Bertz CT molecular complexity index is 577. The molecular weight excluding hydrogens is 381 g/mol. The van der Waals surface area contributed by atoms with E-state index in [4.69, 9.17) is 37.4 Å². The molecule has 146 valence electrons. The summed E-state index contributed by atoms with van der Waals surface area (Å²) < 4.78 is 15.4. The fourth-order valence-electron chi connectivity index (χ4n) is 2.45. The minimum atomic E-state index is -0.914. The lowest BCUT2D eigenvalue weighted by Gasteiger charge is -2.30. The molecule has 0 bridgehead atoms. The van der Waals surface area contributed by atoms with Crippen LogP contribution in [0.2, 0.25) is 10.0 Å². The molecule has 6 nitrogen and oxygen atoms in total. The molecule has 0 aliphatic carbocycles. The van der Waals surface area contributed by atoms with Gasteiger partial charge in [-0.05, 0) is 37.6 Å². The first-order chi connectivity index (χ1) is 12.4. The lowest BCUT2D eigenvalue weighted by Crippen LogP contribution is -2.40. The molecule has 0 saturated heterocycles. The zero-order chi connectivity index (χ0) is 19.5. The number of hydrogen-bond donors (Lipinski definition) is 0. The quantitative estimate of drug-likeness (QED) is 0.416. The van der Waals surface area contributed by atoms with E-state index in [1.807, 2.05) is 0 Å². The number of esters is 1. The maximum atomic E-state index is 12.6. The van der Waals surface area contributed by atoms with Gasteiger partial charge < -0.3 is 19.1 Å². The first-order valence-electron chi connectivity index (χ1n) is 8.43. The van der Waals surface area contributed by atoms with Gasteiger partial charge in [0.05, 0.1) is 32.8 Å². The first-order valence-corrected chi connectivity index (χ1v) is 9.18. The topological polar surface area (TPSA) is 65.1 Å². The smallest absolute Gasteiger partial charge is 0.333 e. The monoisotopic (exact) mass is 405 g/mol. The predicted octanol–water partition coefficient (Wildman–Crippen LogP) is 3.50. The van der Waals surface area contributed by atoms with Crippen LogP contribution in [0.25, 0.3) is 0 Å². The summed E-state index contributed by atoms with van der Waals surface area (Å²) in [5.74, 6) is -0.750. The van der Waals surface area contributed by atoms with E-state index in [1.165, 1.54) is 4.90 Å². The molecule has 0 heterocycles. The van der Waals surface area contributed by atoms with Crippen LogP contribution < -0.4 is 0 Å². The number of rotatable bonds is 11. The third-order valence-electron chi connectivity index (χ3n) is 3.58. The second-order valence-electron chi connectivity index (χ2n) is 5.39. The molecule has 0 unspecified atom stereocenters. The van der Waals surface area contributed by atoms with Gasteiger partial charge in [0.2, 0.25) is 5.91 Å². The summed E-state index contributed by atoms with van der Waals surface area (Å²) in [6, 6.07) is 3.87. The van der Waals surface area contributed by atoms with E-state index in [-0.39, 0.29) is 25.5 Å². The number of nitrogens with zero attached hydrogens (tertiary/aromatic N) is 1. The first kappa shape index (κ1) is 22.7. The van der Waals surface area contributed by atoms with Crippen molar-refractivity contribution in [1.82, 2.24) is 4.90 Å². The van der Waals surface area contributed by atoms with Gasteiger partial charge in [-0.25, -0.2) is 4.79 Å². The third kappa shape index (κ3) is 7.11. The molecule has 0 aromatic heterocycles. The minimum Gasteiger partial charge on any atom is -0.464 e. The van der Waals surface area contributed by atoms with Crippen LogP contribution in [0.3, 0.4) is 0 Å². The highest BCUT2D eigenvalue weighted by atomic mass is 35.5. The summed E-state index contributed by atoms with van der Waals surface area (Å²) in [5, 5.41) is 0.765. The van der Waals surface area contributed by atoms with Crippen LogP contribution in [-0.2, 0) is 23.8 Å². The Morgan fingerprint density at radius 3 is 2.27 bits per heavy atom. The van der Waals surface area contributed by atoms with Gasteiger partial charge in [-0.1, -0.05) is 23.2 Å². The Hall–Kier alpha value is -1.34. The van der Waals surface area contributed by atoms with E-state index in [9.17, 15) is 9.59 Å². The third-order valence-corrected chi connectivity index (χ3v) is 4.01. The van der Waals surface area contributed by atoms with Gasteiger partial charge in [0, 0.05) is 23.7 Å². The predicted molar refractivity (Wildman–Crippen MR) is 101 cm³/mol. The fourth-order valence-corrected chi connectivity index (χ4v) is 2.99. The van der Waals surface area contributed by atoms with Gasteiger partial charge in [-0.2, -0.15) is 0 Å². The number of carbonyl (C=O) groups is 2. The molecule has 0 saturated carbocycles. The Morgan fingerprint density at radius 2 is 1.73 bits per heavy atom. The van der Waals surface area contributed by atoms with Gasteiger partial charge in [0.1, 0.15) is 0 Å². The second-order valence-corrected chi connectivity index (χ2v) is 6.27. The summed E-state index contributed by atoms with van der Waals surface area (Å²) >= 11 is 12.1. The van der Waals surface area contributed by atoms with Crippen LogP contribution >= 0.6 is 23.2 Å². The molecule has 1 aromatic carbocycles. The van der Waals surface area contributed by atoms with Crippen LogP contribution in [0.5, 0.6) is 0 Å². The van der Waals surface area contributed by atoms with Gasteiger partial charge >= 0.3 is 5.97 Å². The number of ether oxygens (including phenoxy) is 3. The molecule has 1 aromatic rings. The van der Waals surface area contributed by atoms with Crippen LogP contribution in [0, 0.1) is 0 Å². The molecule has 0 radical (unpaired) electrons. The van der Waals surface area contributed by atoms with Crippen molar-refractivity contribution in [3.8, 4) is 0 Å². The summed E-state index contributed by atoms with van der Waals surface area (Å²) in [4.78, 5) is 26.6. The zero-order valence-corrected chi connectivity index (χ0v) is 16.8. The molecule has 1 amide bonds. The number of amides is 1. The molecule has 1 rings (SSSR count). The highest BCUT2D eigenvalue weighted by molar-refractivity contribution is 6.34. The molecule has 0 aliphatic heterocycles. The fraction of sp³-hybridized carbons (Fsp3) is 0.556. The molecular formula is C18H25Cl2NO5. The lowest BCUT2D eigenvalue weighted by molar-refractivity contribution is -0.155. The molecule has 0 spiro atoms. The summed E-state index contributed by atoms with van der Waals surface area (Å²) in [6.07, 6.45) is 0.141. The van der Waals surface area contributed by atoms with Gasteiger partial charge in [-0.3, -0.25) is 4.79 Å². The maximum absolute atomic E-state index is 12.6. The zero-order valence-electron chi connectivity index (χ0n) is 15.3. The van der Waals surface area contributed by atoms with Crippen LogP contribution in [-0.4, -0.2) is 56.9 Å². The van der Waals surface area contributed by atoms with E-state index in [2.05, 4.69) is 0 Å². The van der Waals surface area contributed by atoms with E-state index in [0.717, 1.165) is 0 Å². The van der Waals surface area contributed by atoms with Gasteiger partial charge in [-0.15, -0.1) is 0 Å². The van der Waals surface area contributed by atoms with Crippen LogP contribution in [0.4, 0.5) is 0 Å². The summed E-state index contributed by atoms with van der Waals surface area (Å²) in [7, 11) is 1.58. The Balaban J connectivity index is 2.98. The lowest BCUT2D eigenvalue weighted by atomic mass is 10.0. The van der Waals surface area contributed by atoms with Crippen molar-refractivity contribution in [2.75, 3.05) is 40.1 Å². The molecule has 0 N–H and O–H groups in total.